The fraction of sp³-hybridized carbons (Fsp3) is 0.889. The summed E-state index contributed by atoms with van der Waals surface area (Å²) in [6.07, 6.45) is -0.437. The van der Waals surface area contributed by atoms with E-state index in [1.54, 1.807) is 0 Å². The van der Waals surface area contributed by atoms with Crippen molar-refractivity contribution in [2.24, 2.45) is 5.73 Å². The second-order valence-electron chi connectivity index (χ2n) is 4.26. The summed E-state index contributed by atoms with van der Waals surface area (Å²) in [4.78, 5) is 13.6. The molecule has 1 aliphatic rings. The summed E-state index contributed by atoms with van der Waals surface area (Å²) in [6, 6.07) is 0. The molecule has 76 valence electrons. The van der Waals surface area contributed by atoms with Crippen LogP contribution in [-0.2, 0) is 9.53 Å². The Bertz CT molecular complexity index is 198. The molecule has 1 unspecified atom stereocenters. The van der Waals surface area contributed by atoms with E-state index in [2.05, 4.69) is 0 Å². The van der Waals surface area contributed by atoms with Gasteiger partial charge in [-0.15, -0.1) is 0 Å². The monoisotopic (exact) mass is 186 g/mol. The van der Waals surface area contributed by atoms with Crippen molar-refractivity contribution in [3.8, 4) is 0 Å². The molecular weight excluding hydrogens is 168 g/mol. The van der Waals surface area contributed by atoms with E-state index in [1.807, 2.05) is 25.7 Å². The lowest BCUT2D eigenvalue weighted by atomic mass is 10.0. The van der Waals surface area contributed by atoms with E-state index >= 15 is 0 Å². The van der Waals surface area contributed by atoms with Gasteiger partial charge in [-0.1, -0.05) is 0 Å². The minimum Gasteiger partial charge on any atom is -0.365 e. The van der Waals surface area contributed by atoms with Gasteiger partial charge in [-0.3, -0.25) is 4.79 Å². The van der Waals surface area contributed by atoms with Crippen LogP contribution in [0.3, 0.4) is 0 Å². The quantitative estimate of drug-likeness (QED) is 0.625. The molecule has 1 fully saturated rings. The third-order valence-electron chi connectivity index (χ3n) is 2.20. The minimum atomic E-state index is -0.437. The maximum atomic E-state index is 11.7. The third kappa shape index (κ3) is 2.19. The molecule has 1 heterocycles. The number of nitrogens with zero attached hydrogens (tertiary/aromatic N) is 1. The minimum absolute atomic E-state index is 0.0150. The van der Waals surface area contributed by atoms with Gasteiger partial charge in [0.05, 0.1) is 6.61 Å². The normalized spacial score (nSPS) is 25.1. The molecule has 0 bridgehead atoms. The van der Waals surface area contributed by atoms with Gasteiger partial charge in [0.15, 0.2) is 0 Å². The molecule has 1 rings (SSSR count). The Hall–Kier alpha value is -0.610. The summed E-state index contributed by atoms with van der Waals surface area (Å²) >= 11 is 0. The second-order valence-corrected chi connectivity index (χ2v) is 4.26. The molecule has 1 aliphatic heterocycles. The molecule has 1 amide bonds. The number of carbonyl (C=O) groups is 1. The van der Waals surface area contributed by atoms with Gasteiger partial charge in [0.2, 0.25) is 0 Å². The van der Waals surface area contributed by atoms with Crippen molar-refractivity contribution in [3.63, 3.8) is 0 Å². The lowest BCUT2D eigenvalue weighted by molar-refractivity contribution is -0.158. The Morgan fingerprint density at radius 3 is 2.69 bits per heavy atom. The lowest BCUT2D eigenvalue weighted by Gasteiger charge is -2.41. The summed E-state index contributed by atoms with van der Waals surface area (Å²) in [7, 11) is 0. The Kier molecular flexibility index (Phi) is 2.93. The molecular formula is C9H18N2O2. The molecule has 0 spiro atoms. The van der Waals surface area contributed by atoms with Crippen LogP contribution in [0, 0.1) is 0 Å². The average molecular weight is 186 g/mol. The van der Waals surface area contributed by atoms with E-state index in [1.165, 1.54) is 0 Å². The molecule has 0 aromatic heterocycles. The zero-order valence-corrected chi connectivity index (χ0v) is 8.54. The molecule has 0 radical (unpaired) electrons. The molecule has 4 nitrogen and oxygen atoms in total. The van der Waals surface area contributed by atoms with Crippen LogP contribution >= 0.6 is 0 Å². The van der Waals surface area contributed by atoms with Crippen molar-refractivity contribution in [1.29, 1.82) is 0 Å². The molecule has 0 aromatic carbocycles. The highest BCUT2D eigenvalue weighted by molar-refractivity contribution is 5.82. The summed E-state index contributed by atoms with van der Waals surface area (Å²) in [5.41, 5.74) is 5.30. The van der Waals surface area contributed by atoms with Gasteiger partial charge in [-0.2, -0.15) is 0 Å². The Morgan fingerprint density at radius 1 is 1.62 bits per heavy atom. The van der Waals surface area contributed by atoms with Crippen molar-refractivity contribution < 1.29 is 9.53 Å². The summed E-state index contributed by atoms with van der Waals surface area (Å²) < 4.78 is 5.25. The van der Waals surface area contributed by atoms with E-state index in [0.717, 1.165) is 0 Å². The van der Waals surface area contributed by atoms with Crippen molar-refractivity contribution >= 4 is 5.91 Å². The SMILES string of the molecule is CC(C)(C)N1CCOC(CN)C1=O. The number of carbonyl (C=O) groups excluding carboxylic acids is 1. The number of hydrogen-bond acceptors (Lipinski definition) is 3. The van der Waals surface area contributed by atoms with Crippen LogP contribution in [0.25, 0.3) is 0 Å². The number of ether oxygens (including phenoxy) is 1. The van der Waals surface area contributed by atoms with E-state index in [9.17, 15) is 4.79 Å². The molecule has 1 atom stereocenters. The largest absolute Gasteiger partial charge is 0.365 e. The van der Waals surface area contributed by atoms with Crippen molar-refractivity contribution in [2.45, 2.75) is 32.4 Å². The maximum absolute atomic E-state index is 11.7. The average Bonchev–Trinajstić information content (AvgIpc) is 2.02. The smallest absolute Gasteiger partial charge is 0.253 e. The van der Waals surface area contributed by atoms with Crippen LogP contribution in [0.5, 0.6) is 0 Å². The molecule has 0 saturated carbocycles. The van der Waals surface area contributed by atoms with E-state index in [4.69, 9.17) is 10.5 Å². The summed E-state index contributed by atoms with van der Waals surface area (Å²) in [5.74, 6) is 0.0150. The predicted octanol–water partition coefficient (Wildman–Crippen LogP) is -0.0290. The fourth-order valence-corrected chi connectivity index (χ4v) is 1.48. The second kappa shape index (κ2) is 3.64. The first kappa shape index (κ1) is 10.5. The van der Waals surface area contributed by atoms with Crippen LogP contribution in [0.15, 0.2) is 0 Å². The topological polar surface area (TPSA) is 55.6 Å². The highest BCUT2D eigenvalue weighted by Crippen LogP contribution is 2.18. The highest BCUT2D eigenvalue weighted by atomic mass is 16.5. The van der Waals surface area contributed by atoms with Crippen LogP contribution < -0.4 is 5.73 Å². The number of nitrogens with two attached hydrogens (primary N) is 1. The van der Waals surface area contributed by atoms with Gasteiger partial charge in [0.1, 0.15) is 6.10 Å². The number of amides is 1. The van der Waals surface area contributed by atoms with Crippen molar-refractivity contribution in [1.82, 2.24) is 4.90 Å². The predicted molar refractivity (Wildman–Crippen MR) is 50.3 cm³/mol. The lowest BCUT2D eigenvalue weighted by Crippen LogP contribution is -2.57. The first-order valence-electron chi connectivity index (χ1n) is 4.60. The van der Waals surface area contributed by atoms with Crippen LogP contribution in [0.4, 0.5) is 0 Å². The Balaban J connectivity index is 2.71. The molecule has 1 saturated heterocycles. The first-order chi connectivity index (χ1) is 5.96. The van der Waals surface area contributed by atoms with Gasteiger partial charge < -0.3 is 15.4 Å². The summed E-state index contributed by atoms with van der Waals surface area (Å²) in [5, 5.41) is 0. The fourth-order valence-electron chi connectivity index (χ4n) is 1.48. The van der Waals surface area contributed by atoms with Crippen LogP contribution in [0.1, 0.15) is 20.8 Å². The first-order valence-corrected chi connectivity index (χ1v) is 4.60. The van der Waals surface area contributed by atoms with Gasteiger partial charge in [-0.05, 0) is 20.8 Å². The highest BCUT2D eigenvalue weighted by Gasteiger charge is 2.34. The molecule has 2 N–H and O–H groups in total. The van der Waals surface area contributed by atoms with Gasteiger partial charge in [-0.25, -0.2) is 0 Å². The zero-order valence-electron chi connectivity index (χ0n) is 8.54. The molecule has 13 heavy (non-hydrogen) atoms. The molecule has 4 heteroatoms. The third-order valence-corrected chi connectivity index (χ3v) is 2.20. The van der Waals surface area contributed by atoms with Crippen molar-refractivity contribution in [3.05, 3.63) is 0 Å². The van der Waals surface area contributed by atoms with Gasteiger partial charge in [0, 0.05) is 18.6 Å². The maximum Gasteiger partial charge on any atom is 0.253 e. The van der Waals surface area contributed by atoms with Gasteiger partial charge in [0.25, 0.3) is 5.91 Å². The van der Waals surface area contributed by atoms with Gasteiger partial charge >= 0.3 is 0 Å². The number of rotatable bonds is 1. The Labute approximate surface area is 79.0 Å². The zero-order chi connectivity index (χ0) is 10.1. The van der Waals surface area contributed by atoms with Crippen LogP contribution in [-0.4, -0.2) is 42.1 Å². The molecule has 0 aromatic rings. The van der Waals surface area contributed by atoms with Crippen LogP contribution in [0.2, 0.25) is 0 Å². The van der Waals surface area contributed by atoms with E-state index in [0.29, 0.717) is 13.2 Å². The number of hydrogen-bond donors (Lipinski definition) is 1. The summed E-state index contributed by atoms with van der Waals surface area (Å²) in [6.45, 7) is 7.58. The number of morpholine rings is 1. The van der Waals surface area contributed by atoms with E-state index < -0.39 is 6.10 Å². The van der Waals surface area contributed by atoms with Crippen molar-refractivity contribution in [2.75, 3.05) is 19.7 Å². The standard InChI is InChI=1S/C9H18N2O2/c1-9(2,3)11-4-5-13-7(6-10)8(11)12/h7H,4-6,10H2,1-3H3. The Morgan fingerprint density at radius 2 is 2.23 bits per heavy atom. The van der Waals surface area contributed by atoms with E-state index in [-0.39, 0.29) is 18.0 Å². The molecule has 0 aliphatic carbocycles.